The first-order valence-electron chi connectivity index (χ1n) is 8.81. The molecular formula is C21H23N3O3. The van der Waals surface area contributed by atoms with E-state index in [1.54, 1.807) is 36.5 Å². The normalized spacial score (nSPS) is 19.1. The van der Waals surface area contributed by atoms with E-state index in [9.17, 15) is 14.7 Å². The van der Waals surface area contributed by atoms with Gasteiger partial charge in [-0.25, -0.2) is 0 Å². The van der Waals surface area contributed by atoms with Gasteiger partial charge in [-0.2, -0.15) is 0 Å². The number of aromatic nitrogens is 1. The first kappa shape index (κ1) is 18.8. The summed E-state index contributed by atoms with van der Waals surface area (Å²) >= 11 is 0. The maximum Gasteiger partial charge on any atom is 0.295 e. The van der Waals surface area contributed by atoms with Gasteiger partial charge in [0.05, 0.1) is 11.3 Å². The third-order valence-corrected chi connectivity index (χ3v) is 4.62. The smallest absolute Gasteiger partial charge is 0.295 e. The molecule has 6 heteroatoms. The lowest BCUT2D eigenvalue weighted by Gasteiger charge is -2.25. The van der Waals surface area contributed by atoms with E-state index < -0.39 is 17.7 Å². The molecule has 1 saturated heterocycles. The second-order valence-corrected chi connectivity index (χ2v) is 6.92. The SMILES string of the molecule is Cc1ccc(C(O)=C2C(=O)C(=O)N(CCN(C)C)[C@H]2c2ccccn2)cc1. The van der Waals surface area contributed by atoms with Crippen LogP contribution in [0.15, 0.2) is 54.2 Å². The Kier molecular flexibility index (Phi) is 5.37. The minimum absolute atomic E-state index is 0.0845. The highest BCUT2D eigenvalue weighted by Crippen LogP contribution is 2.38. The predicted molar refractivity (Wildman–Crippen MR) is 103 cm³/mol. The molecule has 6 nitrogen and oxygen atoms in total. The highest BCUT2D eigenvalue weighted by molar-refractivity contribution is 6.46. The van der Waals surface area contributed by atoms with Crippen LogP contribution in [0.5, 0.6) is 0 Å². The number of aliphatic hydroxyl groups excluding tert-OH is 1. The number of carbonyl (C=O) groups is 2. The van der Waals surface area contributed by atoms with Gasteiger partial charge in [0.1, 0.15) is 11.8 Å². The Hall–Kier alpha value is -2.99. The Labute approximate surface area is 158 Å². The van der Waals surface area contributed by atoms with E-state index in [1.807, 2.05) is 38.1 Å². The molecule has 2 heterocycles. The van der Waals surface area contributed by atoms with Crippen LogP contribution in [-0.4, -0.2) is 58.8 Å². The number of hydrogen-bond donors (Lipinski definition) is 1. The van der Waals surface area contributed by atoms with E-state index in [4.69, 9.17) is 0 Å². The van der Waals surface area contributed by atoms with Crippen LogP contribution in [0, 0.1) is 6.92 Å². The second-order valence-electron chi connectivity index (χ2n) is 6.92. The Morgan fingerprint density at radius 2 is 1.85 bits per heavy atom. The van der Waals surface area contributed by atoms with E-state index in [1.165, 1.54) is 4.90 Å². The van der Waals surface area contributed by atoms with Crippen molar-refractivity contribution in [2.24, 2.45) is 0 Å². The number of pyridine rings is 1. The van der Waals surface area contributed by atoms with Gasteiger partial charge in [-0.3, -0.25) is 14.6 Å². The second kappa shape index (κ2) is 7.72. The zero-order valence-electron chi connectivity index (χ0n) is 15.7. The van der Waals surface area contributed by atoms with E-state index in [0.29, 0.717) is 24.3 Å². The summed E-state index contributed by atoms with van der Waals surface area (Å²) in [6.07, 6.45) is 1.62. The maximum absolute atomic E-state index is 12.8. The molecule has 1 aliphatic heterocycles. The number of ketones is 1. The van der Waals surface area contributed by atoms with Crippen molar-refractivity contribution in [1.29, 1.82) is 0 Å². The van der Waals surface area contributed by atoms with Gasteiger partial charge in [0.2, 0.25) is 0 Å². The molecule has 1 fully saturated rings. The minimum Gasteiger partial charge on any atom is -0.507 e. The van der Waals surface area contributed by atoms with Crippen LogP contribution in [0.1, 0.15) is 22.9 Å². The van der Waals surface area contributed by atoms with Crippen molar-refractivity contribution in [3.8, 4) is 0 Å². The van der Waals surface area contributed by atoms with E-state index >= 15 is 0 Å². The van der Waals surface area contributed by atoms with Crippen LogP contribution in [0.25, 0.3) is 5.76 Å². The molecule has 0 unspecified atom stereocenters. The number of benzene rings is 1. The van der Waals surface area contributed by atoms with Crippen molar-refractivity contribution in [1.82, 2.24) is 14.8 Å². The monoisotopic (exact) mass is 365 g/mol. The predicted octanol–water partition coefficient (Wildman–Crippen LogP) is 2.37. The minimum atomic E-state index is -0.701. The zero-order chi connectivity index (χ0) is 19.6. The van der Waals surface area contributed by atoms with Crippen LogP contribution in [0.4, 0.5) is 0 Å². The lowest BCUT2D eigenvalue weighted by Crippen LogP contribution is -2.35. The molecule has 1 atom stereocenters. The number of likely N-dealkylation sites (tertiary alicyclic amines) is 1. The van der Waals surface area contributed by atoms with Gasteiger partial charge < -0.3 is 14.9 Å². The Morgan fingerprint density at radius 1 is 1.15 bits per heavy atom. The summed E-state index contributed by atoms with van der Waals surface area (Å²) in [5.74, 6) is -1.46. The molecule has 0 radical (unpaired) electrons. The molecule has 0 saturated carbocycles. The fourth-order valence-corrected chi connectivity index (χ4v) is 3.13. The molecular weight excluding hydrogens is 342 g/mol. The molecule has 1 amide bonds. The largest absolute Gasteiger partial charge is 0.507 e. The number of hydrogen-bond acceptors (Lipinski definition) is 5. The fraction of sp³-hybridized carbons (Fsp3) is 0.286. The summed E-state index contributed by atoms with van der Waals surface area (Å²) < 4.78 is 0. The summed E-state index contributed by atoms with van der Waals surface area (Å²) in [5.41, 5.74) is 2.19. The third kappa shape index (κ3) is 3.75. The number of aryl methyl sites for hydroxylation is 1. The molecule has 0 bridgehead atoms. The van der Waals surface area contributed by atoms with Crippen molar-refractivity contribution < 1.29 is 14.7 Å². The molecule has 1 aromatic carbocycles. The van der Waals surface area contributed by atoms with Crippen molar-refractivity contribution in [2.45, 2.75) is 13.0 Å². The molecule has 1 N–H and O–H groups in total. The molecule has 2 aromatic rings. The van der Waals surface area contributed by atoms with E-state index in [0.717, 1.165) is 5.56 Å². The summed E-state index contributed by atoms with van der Waals surface area (Å²) in [4.78, 5) is 33.2. The lowest BCUT2D eigenvalue weighted by molar-refractivity contribution is -0.140. The molecule has 3 rings (SSSR count). The number of carbonyl (C=O) groups excluding carboxylic acids is 2. The average Bonchev–Trinajstić information content (AvgIpc) is 2.91. The van der Waals surface area contributed by atoms with Gasteiger partial charge >= 0.3 is 0 Å². The summed E-state index contributed by atoms with van der Waals surface area (Å²) in [6.45, 7) is 2.91. The molecule has 0 aliphatic carbocycles. The number of aliphatic hydroxyl groups is 1. The van der Waals surface area contributed by atoms with Crippen LogP contribution >= 0.6 is 0 Å². The van der Waals surface area contributed by atoms with E-state index in [-0.39, 0.29) is 11.3 Å². The molecule has 140 valence electrons. The zero-order valence-corrected chi connectivity index (χ0v) is 15.7. The van der Waals surface area contributed by atoms with Gasteiger partial charge in [-0.15, -0.1) is 0 Å². The fourth-order valence-electron chi connectivity index (χ4n) is 3.13. The van der Waals surface area contributed by atoms with Gasteiger partial charge in [0.25, 0.3) is 11.7 Å². The van der Waals surface area contributed by atoms with Crippen LogP contribution in [0.3, 0.4) is 0 Å². The molecule has 1 aromatic heterocycles. The maximum atomic E-state index is 12.8. The third-order valence-electron chi connectivity index (χ3n) is 4.62. The van der Waals surface area contributed by atoms with Crippen LogP contribution in [0.2, 0.25) is 0 Å². The van der Waals surface area contributed by atoms with Crippen molar-refractivity contribution in [3.63, 3.8) is 0 Å². The highest BCUT2D eigenvalue weighted by Gasteiger charge is 2.46. The topological polar surface area (TPSA) is 73.7 Å². The summed E-state index contributed by atoms with van der Waals surface area (Å²) in [6, 6.07) is 11.8. The van der Waals surface area contributed by atoms with Gasteiger partial charge in [-0.1, -0.05) is 35.9 Å². The van der Waals surface area contributed by atoms with Crippen LogP contribution in [-0.2, 0) is 9.59 Å². The van der Waals surface area contributed by atoms with Gasteiger partial charge in [0, 0.05) is 24.8 Å². The molecule has 27 heavy (non-hydrogen) atoms. The van der Waals surface area contributed by atoms with Gasteiger partial charge in [0.15, 0.2) is 0 Å². The first-order chi connectivity index (χ1) is 12.9. The number of rotatable bonds is 5. The van der Waals surface area contributed by atoms with Crippen LogP contribution < -0.4 is 0 Å². The summed E-state index contributed by atoms with van der Waals surface area (Å²) in [5, 5.41) is 10.9. The summed E-state index contributed by atoms with van der Waals surface area (Å²) in [7, 11) is 3.80. The van der Waals surface area contributed by atoms with Crippen molar-refractivity contribution >= 4 is 17.4 Å². The Bertz CT molecular complexity index is 873. The standard InChI is InChI=1S/C21H23N3O3/c1-14-7-9-15(10-8-14)19(25)17-18(16-6-4-5-11-22-16)24(13-12-23(2)3)21(27)20(17)26/h4-11,18,25H,12-13H2,1-3H3/t18-/m0/s1. The highest BCUT2D eigenvalue weighted by atomic mass is 16.3. The number of amides is 1. The van der Waals surface area contributed by atoms with Crippen molar-refractivity contribution in [3.05, 3.63) is 71.1 Å². The van der Waals surface area contributed by atoms with E-state index in [2.05, 4.69) is 4.98 Å². The lowest BCUT2D eigenvalue weighted by atomic mass is 9.98. The molecule has 0 spiro atoms. The quantitative estimate of drug-likeness (QED) is 0.500. The van der Waals surface area contributed by atoms with Crippen molar-refractivity contribution in [2.75, 3.05) is 27.2 Å². The number of nitrogens with zero attached hydrogens (tertiary/aromatic N) is 3. The number of Topliss-reactive ketones (excluding diaryl/α,β-unsaturated/α-hetero) is 1. The Morgan fingerprint density at radius 3 is 2.44 bits per heavy atom. The average molecular weight is 365 g/mol. The van der Waals surface area contributed by atoms with Gasteiger partial charge in [-0.05, 0) is 33.2 Å². The first-order valence-corrected chi connectivity index (χ1v) is 8.81. The molecule has 1 aliphatic rings. The Balaban J connectivity index is 2.12. The number of likely N-dealkylation sites (N-methyl/N-ethyl adjacent to an activating group) is 1.